The quantitative estimate of drug-likeness (QED) is 0.875. The fourth-order valence-electron chi connectivity index (χ4n) is 2.83. The molecule has 3 N–H and O–H groups in total. The summed E-state index contributed by atoms with van der Waals surface area (Å²) in [5, 5.41) is 3.07. The lowest BCUT2D eigenvalue weighted by atomic mass is 10.0. The van der Waals surface area contributed by atoms with Gasteiger partial charge in [-0.2, -0.15) is 0 Å². The average molecular weight is 358 g/mol. The molecule has 126 valence electrons. The Labute approximate surface area is 147 Å². The molecule has 0 aliphatic heterocycles. The van der Waals surface area contributed by atoms with Crippen molar-refractivity contribution in [2.75, 3.05) is 6.54 Å². The zero-order valence-electron chi connectivity index (χ0n) is 12.6. The number of halogens is 2. The summed E-state index contributed by atoms with van der Waals surface area (Å²) in [5.74, 6) is 1.06. The Balaban J connectivity index is 0.00000132. The molecule has 1 aliphatic carbocycles. The Morgan fingerprint density at radius 1 is 1.35 bits per heavy atom. The van der Waals surface area contributed by atoms with E-state index in [4.69, 9.17) is 5.73 Å². The molecule has 2 aromatic rings. The van der Waals surface area contributed by atoms with Crippen LogP contribution in [0, 0.1) is 5.92 Å². The van der Waals surface area contributed by atoms with Crippen LogP contribution in [0.15, 0.2) is 37.1 Å². The molecule has 0 bridgehead atoms. The fourth-order valence-corrected chi connectivity index (χ4v) is 2.83. The summed E-state index contributed by atoms with van der Waals surface area (Å²) in [6.45, 7) is 0.628. The zero-order valence-corrected chi connectivity index (χ0v) is 14.2. The summed E-state index contributed by atoms with van der Waals surface area (Å²) < 4.78 is 1.79. The van der Waals surface area contributed by atoms with Gasteiger partial charge in [0.1, 0.15) is 12.1 Å². The molecule has 0 radical (unpaired) electrons. The lowest BCUT2D eigenvalue weighted by molar-refractivity contribution is 0.0928. The van der Waals surface area contributed by atoms with Crippen molar-refractivity contribution in [3.05, 3.63) is 42.6 Å². The third-order valence-electron chi connectivity index (χ3n) is 4.06. The minimum atomic E-state index is -0.0787. The second-order valence-corrected chi connectivity index (χ2v) is 5.38. The number of nitrogens with zero attached hydrogens (tertiary/aromatic N) is 3. The summed E-state index contributed by atoms with van der Waals surface area (Å²) in [6.07, 6.45) is 10.0. The predicted octanol–water partition coefficient (Wildman–Crippen LogP) is 1.97. The maximum Gasteiger partial charge on any atom is 0.253 e. The van der Waals surface area contributed by atoms with Crippen molar-refractivity contribution >= 4 is 30.7 Å². The van der Waals surface area contributed by atoms with Gasteiger partial charge in [-0.3, -0.25) is 9.36 Å². The van der Waals surface area contributed by atoms with Crippen LogP contribution in [0.3, 0.4) is 0 Å². The Morgan fingerprint density at radius 2 is 2.17 bits per heavy atom. The van der Waals surface area contributed by atoms with Gasteiger partial charge in [-0.05, 0) is 37.4 Å². The van der Waals surface area contributed by atoms with Crippen LogP contribution in [0.1, 0.15) is 29.6 Å². The van der Waals surface area contributed by atoms with Crippen LogP contribution in [0.25, 0.3) is 5.82 Å². The van der Waals surface area contributed by atoms with Crippen LogP contribution >= 0.6 is 24.8 Å². The number of hydrogen-bond donors (Lipinski definition) is 2. The summed E-state index contributed by atoms with van der Waals surface area (Å²) >= 11 is 0. The van der Waals surface area contributed by atoms with E-state index < -0.39 is 0 Å². The minimum absolute atomic E-state index is 0. The molecular formula is C15H21Cl2N5O. The van der Waals surface area contributed by atoms with Crippen LogP contribution < -0.4 is 11.1 Å². The highest BCUT2D eigenvalue weighted by Gasteiger charge is 2.27. The first-order chi connectivity index (χ1) is 10.3. The molecule has 0 aromatic carbocycles. The summed E-state index contributed by atoms with van der Waals surface area (Å²) in [6, 6.07) is 3.78. The van der Waals surface area contributed by atoms with Gasteiger partial charge in [0.2, 0.25) is 0 Å². The Morgan fingerprint density at radius 3 is 2.78 bits per heavy atom. The summed E-state index contributed by atoms with van der Waals surface area (Å²) in [4.78, 5) is 20.5. The van der Waals surface area contributed by atoms with Gasteiger partial charge in [-0.25, -0.2) is 9.97 Å². The molecule has 0 saturated heterocycles. The standard InChI is InChI=1S/C15H19N5O.2ClH/c16-8-11-2-1-3-13(11)19-15(21)12-4-5-14(18-9-12)20-7-6-17-10-20;;/h4-7,9-11,13H,1-3,8,16H2,(H,19,21);2*1H. The van der Waals surface area contributed by atoms with E-state index in [2.05, 4.69) is 15.3 Å². The minimum Gasteiger partial charge on any atom is -0.349 e. The second kappa shape index (κ2) is 8.86. The van der Waals surface area contributed by atoms with E-state index in [0.717, 1.165) is 25.1 Å². The van der Waals surface area contributed by atoms with Gasteiger partial charge >= 0.3 is 0 Å². The van der Waals surface area contributed by atoms with Crippen LogP contribution in [-0.2, 0) is 0 Å². The number of hydrogen-bond acceptors (Lipinski definition) is 4. The normalized spacial score (nSPS) is 19.5. The molecule has 2 heterocycles. The first kappa shape index (κ1) is 19.4. The lowest BCUT2D eigenvalue weighted by Gasteiger charge is -2.19. The highest BCUT2D eigenvalue weighted by atomic mass is 35.5. The fraction of sp³-hybridized carbons (Fsp3) is 0.400. The van der Waals surface area contributed by atoms with Crippen molar-refractivity contribution in [2.24, 2.45) is 11.7 Å². The molecule has 1 saturated carbocycles. The van der Waals surface area contributed by atoms with Gasteiger partial charge in [0.25, 0.3) is 5.91 Å². The van der Waals surface area contributed by atoms with Crippen LogP contribution in [0.2, 0.25) is 0 Å². The van der Waals surface area contributed by atoms with Gasteiger partial charge in [0, 0.05) is 24.6 Å². The molecule has 1 fully saturated rings. The van der Waals surface area contributed by atoms with Gasteiger partial charge in [-0.15, -0.1) is 24.8 Å². The molecule has 6 nitrogen and oxygen atoms in total. The molecule has 2 atom stereocenters. The van der Waals surface area contributed by atoms with Gasteiger partial charge in [0.05, 0.1) is 5.56 Å². The molecule has 8 heteroatoms. The van der Waals surface area contributed by atoms with Crippen LogP contribution in [0.4, 0.5) is 0 Å². The molecule has 2 unspecified atom stereocenters. The van der Waals surface area contributed by atoms with E-state index in [9.17, 15) is 4.79 Å². The van der Waals surface area contributed by atoms with Crippen molar-refractivity contribution in [3.8, 4) is 5.82 Å². The summed E-state index contributed by atoms with van der Waals surface area (Å²) in [7, 11) is 0. The summed E-state index contributed by atoms with van der Waals surface area (Å²) in [5.41, 5.74) is 6.31. The number of carbonyl (C=O) groups is 1. The van der Waals surface area contributed by atoms with Crippen molar-refractivity contribution < 1.29 is 4.79 Å². The van der Waals surface area contributed by atoms with Crippen molar-refractivity contribution in [2.45, 2.75) is 25.3 Å². The molecule has 1 amide bonds. The lowest BCUT2D eigenvalue weighted by Crippen LogP contribution is -2.39. The number of rotatable bonds is 4. The Hall–Kier alpha value is -1.63. The van der Waals surface area contributed by atoms with Crippen LogP contribution in [0.5, 0.6) is 0 Å². The molecule has 2 aromatic heterocycles. The number of carbonyl (C=O) groups excluding carboxylic acids is 1. The first-order valence-corrected chi connectivity index (χ1v) is 7.23. The van der Waals surface area contributed by atoms with Crippen molar-refractivity contribution in [1.29, 1.82) is 0 Å². The highest BCUT2D eigenvalue weighted by molar-refractivity contribution is 5.94. The molecule has 0 spiro atoms. The number of aromatic nitrogens is 3. The SMILES string of the molecule is Cl.Cl.NCC1CCCC1NC(=O)c1ccc(-n2ccnc2)nc1. The van der Waals surface area contributed by atoms with Gasteiger partial charge in [-0.1, -0.05) is 6.42 Å². The van der Waals surface area contributed by atoms with E-state index >= 15 is 0 Å². The smallest absolute Gasteiger partial charge is 0.253 e. The zero-order chi connectivity index (χ0) is 14.7. The first-order valence-electron chi connectivity index (χ1n) is 7.23. The topological polar surface area (TPSA) is 85.8 Å². The maximum absolute atomic E-state index is 12.2. The maximum atomic E-state index is 12.2. The van der Waals surface area contributed by atoms with E-state index in [1.807, 2.05) is 12.3 Å². The number of amides is 1. The number of imidazole rings is 1. The van der Waals surface area contributed by atoms with Crippen molar-refractivity contribution in [1.82, 2.24) is 19.9 Å². The predicted molar refractivity (Wildman–Crippen MR) is 93.5 cm³/mol. The number of pyridine rings is 1. The van der Waals surface area contributed by atoms with Gasteiger partial charge < -0.3 is 11.1 Å². The highest BCUT2D eigenvalue weighted by Crippen LogP contribution is 2.24. The number of nitrogens with two attached hydrogens (primary N) is 1. The van der Waals surface area contributed by atoms with E-state index in [1.54, 1.807) is 29.4 Å². The third kappa shape index (κ3) is 4.43. The molecule has 1 aliphatic rings. The second-order valence-electron chi connectivity index (χ2n) is 5.38. The Bertz CT molecular complexity index is 603. The van der Waals surface area contributed by atoms with E-state index in [1.165, 1.54) is 0 Å². The van der Waals surface area contributed by atoms with Crippen molar-refractivity contribution in [3.63, 3.8) is 0 Å². The third-order valence-corrected chi connectivity index (χ3v) is 4.06. The number of nitrogens with one attached hydrogen (secondary N) is 1. The average Bonchev–Trinajstić information content (AvgIpc) is 3.18. The van der Waals surface area contributed by atoms with Crippen LogP contribution in [-0.4, -0.2) is 33.0 Å². The van der Waals surface area contributed by atoms with E-state index in [0.29, 0.717) is 18.0 Å². The monoisotopic (exact) mass is 357 g/mol. The Kier molecular flexibility index (Phi) is 7.48. The molecule has 23 heavy (non-hydrogen) atoms. The molecular weight excluding hydrogens is 337 g/mol. The van der Waals surface area contributed by atoms with Gasteiger partial charge in [0.15, 0.2) is 0 Å². The van der Waals surface area contributed by atoms with E-state index in [-0.39, 0.29) is 36.8 Å². The molecule has 3 rings (SSSR count). The largest absolute Gasteiger partial charge is 0.349 e.